The first-order valence-corrected chi connectivity index (χ1v) is 6.41. The van der Waals surface area contributed by atoms with Crippen molar-refractivity contribution in [2.45, 2.75) is 19.6 Å². The van der Waals surface area contributed by atoms with E-state index in [4.69, 9.17) is 15.2 Å². The van der Waals surface area contributed by atoms with Gasteiger partial charge in [0.2, 0.25) is 0 Å². The monoisotopic (exact) mass is 284 g/mol. The first kappa shape index (κ1) is 16.4. The van der Waals surface area contributed by atoms with E-state index in [1.807, 2.05) is 6.92 Å². The quantitative estimate of drug-likeness (QED) is 0.816. The Labute approximate surface area is 118 Å². The molecule has 1 atom stereocenters. The van der Waals surface area contributed by atoms with E-state index in [-0.39, 0.29) is 18.2 Å². The largest absolute Gasteiger partial charge is 0.494 e. The first-order chi connectivity index (χ1) is 9.57. The predicted octanol–water partition coefficient (Wildman–Crippen LogP) is 1.16. The Morgan fingerprint density at radius 3 is 2.60 bits per heavy atom. The molecule has 5 nitrogen and oxygen atoms in total. The van der Waals surface area contributed by atoms with E-state index in [0.717, 1.165) is 0 Å². The molecule has 0 saturated carbocycles. The van der Waals surface area contributed by atoms with Gasteiger partial charge in [-0.05, 0) is 24.6 Å². The molecule has 0 bridgehead atoms. The van der Waals surface area contributed by atoms with Crippen molar-refractivity contribution in [3.05, 3.63) is 29.6 Å². The maximum absolute atomic E-state index is 13.6. The Bertz CT molecular complexity index is 450. The summed E-state index contributed by atoms with van der Waals surface area (Å²) in [4.78, 5) is 13.7. The molecule has 0 spiro atoms. The highest BCUT2D eigenvalue weighted by Crippen LogP contribution is 2.19. The van der Waals surface area contributed by atoms with Crippen LogP contribution >= 0.6 is 0 Å². The number of nitrogens with zero attached hydrogens (tertiary/aromatic N) is 1. The summed E-state index contributed by atoms with van der Waals surface area (Å²) in [5.41, 5.74) is 6.17. The number of likely N-dealkylation sites (N-methyl/N-ethyl adjacent to an activating group) is 1. The number of ether oxygens (including phenoxy) is 2. The van der Waals surface area contributed by atoms with Crippen molar-refractivity contribution in [2.75, 3.05) is 27.3 Å². The van der Waals surface area contributed by atoms with Gasteiger partial charge >= 0.3 is 0 Å². The Morgan fingerprint density at radius 1 is 1.45 bits per heavy atom. The maximum atomic E-state index is 13.6. The van der Waals surface area contributed by atoms with Gasteiger partial charge in [-0.15, -0.1) is 0 Å². The second-order valence-electron chi connectivity index (χ2n) is 4.28. The van der Waals surface area contributed by atoms with Gasteiger partial charge in [-0.3, -0.25) is 4.79 Å². The highest BCUT2D eigenvalue weighted by molar-refractivity contribution is 5.81. The SMILES string of the molecule is CCN(Cc1ccc(OC)c(F)c1)C(=O)C(CN)OC. The van der Waals surface area contributed by atoms with Crippen LogP contribution in [0.4, 0.5) is 4.39 Å². The molecule has 0 saturated heterocycles. The van der Waals surface area contributed by atoms with Crippen LogP contribution in [-0.4, -0.2) is 44.2 Å². The Balaban J connectivity index is 2.83. The smallest absolute Gasteiger partial charge is 0.253 e. The summed E-state index contributed by atoms with van der Waals surface area (Å²) in [6, 6.07) is 4.63. The molecule has 6 heteroatoms. The van der Waals surface area contributed by atoms with Gasteiger partial charge in [-0.2, -0.15) is 0 Å². The Kier molecular flexibility index (Phi) is 6.41. The van der Waals surface area contributed by atoms with Gasteiger partial charge in [-0.25, -0.2) is 4.39 Å². The minimum absolute atomic E-state index is 0.114. The number of rotatable bonds is 7. The number of amides is 1. The van der Waals surface area contributed by atoms with Gasteiger partial charge in [0.15, 0.2) is 11.6 Å². The molecular weight excluding hydrogens is 263 g/mol. The molecule has 1 rings (SSSR count). The molecule has 2 N–H and O–H groups in total. The molecule has 0 fully saturated rings. The topological polar surface area (TPSA) is 64.8 Å². The minimum Gasteiger partial charge on any atom is -0.494 e. The van der Waals surface area contributed by atoms with Crippen LogP contribution in [0.25, 0.3) is 0 Å². The molecule has 1 aromatic rings. The average molecular weight is 284 g/mol. The van der Waals surface area contributed by atoms with Crippen LogP contribution in [0, 0.1) is 5.82 Å². The zero-order valence-corrected chi connectivity index (χ0v) is 12.1. The van der Waals surface area contributed by atoms with Gasteiger partial charge in [0.25, 0.3) is 5.91 Å². The summed E-state index contributed by atoms with van der Waals surface area (Å²) in [6.07, 6.45) is -0.668. The predicted molar refractivity (Wildman–Crippen MR) is 73.9 cm³/mol. The van der Waals surface area contributed by atoms with E-state index in [2.05, 4.69) is 0 Å². The number of carbonyl (C=O) groups is 1. The van der Waals surface area contributed by atoms with Crippen LogP contribution in [0.1, 0.15) is 12.5 Å². The molecule has 1 unspecified atom stereocenters. The van der Waals surface area contributed by atoms with Gasteiger partial charge < -0.3 is 20.1 Å². The molecule has 1 aromatic carbocycles. The molecule has 1 amide bonds. The minimum atomic E-state index is -0.668. The summed E-state index contributed by atoms with van der Waals surface area (Å²) in [5, 5.41) is 0. The second-order valence-corrected chi connectivity index (χ2v) is 4.28. The number of hydrogen-bond acceptors (Lipinski definition) is 4. The molecule has 0 radical (unpaired) electrons. The van der Waals surface area contributed by atoms with Gasteiger partial charge in [0.05, 0.1) is 7.11 Å². The normalized spacial score (nSPS) is 12.1. The molecule has 0 heterocycles. The van der Waals surface area contributed by atoms with E-state index < -0.39 is 11.9 Å². The Morgan fingerprint density at radius 2 is 2.15 bits per heavy atom. The third-order valence-electron chi connectivity index (χ3n) is 3.06. The van der Waals surface area contributed by atoms with Crippen LogP contribution < -0.4 is 10.5 Å². The van der Waals surface area contributed by atoms with Gasteiger partial charge in [0, 0.05) is 26.7 Å². The van der Waals surface area contributed by atoms with Crippen molar-refractivity contribution in [1.29, 1.82) is 0 Å². The number of hydrogen-bond donors (Lipinski definition) is 1. The summed E-state index contributed by atoms with van der Waals surface area (Å²) in [5.74, 6) is -0.468. The number of carbonyl (C=O) groups excluding carboxylic acids is 1. The van der Waals surface area contributed by atoms with Crippen molar-refractivity contribution >= 4 is 5.91 Å². The molecule has 0 aliphatic carbocycles. The lowest BCUT2D eigenvalue weighted by Gasteiger charge is -2.25. The molecule has 0 aliphatic heterocycles. The van der Waals surface area contributed by atoms with Crippen LogP contribution in [0.5, 0.6) is 5.75 Å². The van der Waals surface area contributed by atoms with Crippen molar-refractivity contribution in [2.24, 2.45) is 5.73 Å². The molecule has 0 aromatic heterocycles. The summed E-state index contributed by atoms with van der Waals surface area (Å²) >= 11 is 0. The lowest BCUT2D eigenvalue weighted by molar-refractivity contribution is -0.141. The molecule has 20 heavy (non-hydrogen) atoms. The first-order valence-electron chi connectivity index (χ1n) is 6.41. The van der Waals surface area contributed by atoms with E-state index in [1.54, 1.807) is 17.0 Å². The fourth-order valence-corrected chi connectivity index (χ4v) is 1.88. The van der Waals surface area contributed by atoms with E-state index >= 15 is 0 Å². The number of methoxy groups -OCH3 is 2. The average Bonchev–Trinajstić information content (AvgIpc) is 2.46. The summed E-state index contributed by atoms with van der Waals surface area (Å²) in [6.45, 7) is 2.76. The van der Waals surface area contributed by atoms with Gasteiger partial charge in [0.1, 0.15) is 6.10 Å². The van der Waals surface area contributed by atoms with Crippen molar-refractivity contribution in [3.8, 4) is 5.75 Å². The number of benzene rings is 1. The van der Waals surface area contributed by atoms with Crippen molar-refractivity contribution < 1.29 is 18.7 Å². The van der Waals surface area contributed by atoms with Crippen LogP contribution in [0.3, 0.4) is 0 Å². The maximum Gasteiger partial charge on any atom is 0.253 e. The van der Waals surface area contributed by atoms with E-state index in [1.165, 1.54) is 20.3 Å². The zero-order valence-electron chi connectivity index (χ0n) is 12.1. The summed E-state index contributed by atoms with van der Waals surface area (Å²) < 4.78 is 23.5. The van der Waals surface area contributed by atoms with Crippen LogP contribution in [-0.2, 0) is 16.1 Å². The van der Waals surface area contributed by atoms with Crippen LogP contribution in [0.15, 0.2) is 18.2 Å². The van der Waals surface area contributed by atoms with Crippen molar-refractivity contribution in [3.63, 3.8) is 0 Å². The van der Waals surface area contributed by atoms with E-state index in [0.29, 0.717) is 18.7 Å². The number of nitrogens with two attached hydrogens (primary N) is 1. The fourth-order valence-electron chi connectivity index (χ4n) is 1.88. The van der Waals surface area contributed by atoms with Gasteiger partial charge in [-0.1, -0.05) is 6.07 Å². The summed E-state index contributed by atoms with van der Waals surface area (Å²) in [7, 11) is 2.85. The van der Waals surface area contributed by atoms with Crippen molar-refractivity contribution in [1.82, 2.24) is 4.90 Å². The molecular formula is C14H21FN2O3. The lowest BCUT2D eigenvalue weighted by atomic mass is 10.2. The Hall–Kier alpha value is -1.66. The zero-order chi connectivity index (χ0) is 15.1. The third kappa shape index (κ3) is 3.91. The van der Waals surface area contributed by atoms with Crippen LogP contribution in [0.2, 0.25) is 0 Å². The fraction of sp³-hybridized carbons (Fsp3) is 0.500. The van der Waals surface area contributed by atoms with E-state index in [9.17, 15) is 9.18 Å². The highest BCUT2D eigenvalue weighted by atomic mass is 19.1. The second kappa shape index (κ2) is 7.81. The number of halogens is 1. The molecule has 0 aliphatic rings. The standard InChI is InChI=1S/C14H21FN2O3/c1-4-17(14(18)13(8-16)20-3)9-10-5-6-12(19-2)11(15)7-10/h5-7,13H,4,8-9,16H2,1-3H3. The molecule has 112 valence electrons. The lowest BCUT2D eigenvalue weighted by Crippen LogP contribution is -2.43. The highest BCUT2D eigenvalue weighted by Gasteiger charge is 2.22. The third-order valence-corrected chi connectivity index (χ3v) is 3.06.